The highest BCUT2D eigenvalue weighted by Gasteiger charge is 2.55. The molecular weight excluding hydrogens is 759 g/mol. The summed E-state index contributed by atoms with van der Waals surface area (Å²) in [5, 5.41) is 18.2. The van der Waals surface area contributed by atoms with Crippen molar-refractivity contribution in [2.75, 3.05) is 39.3 Å². The number of aliphatic hydroxyl groups is 1. The lowest BCUT2D eigenvalue weighted by molar-refractivity contribution is -0.134. The Bertz CT molecular complexity index is 2000. The Morgan fingerprint density at radius 3 is 1.58 bits per heavy atom. The molecule has 5 atom stereocenters. The first kappa shape index (κ1) is 42.7. The summed E-state index contributed by atoms with van der Waals surface area (Å²) < 4.78 is 26.8. The zero-order chi connectivity index (χ0) is 42.3. The molecule has 4 saturated heterocycles. The monoisotopic (exact) mass is 822 g/mol. The minimum Gasteiger partial charge on any atom is -0.384 e. The number of hydrogen-bond donors (Lipinski definition) is 3. The molecule has 6 fully saturated rings. The van der Waals surface area contributed by atoms with E-state index in [9.17, 15) is 28.3 Å². The maximum Gasteiger partial charge on any atom is 0.227 e. The number of benzene rings is 3. The van der Waals surface area contributed by atoms with Gasteiger partial charge in [-0.3, -0.25) is 24.2 Å². The number of ketones is 1. The minimum absolute atomic E-state index is 0.0554. The first-order valence-electron chi connectivity index (χ1n) is 22.7. The largest absolute Gasteiger partial charge is 0.384 e. The number of hydrogen-bond acceptors (Lipinski definition) is 6. The Labute approximate surface area is 354 Å². The summed E-state index contributed by atoms with van der Waals surface area (Å²) in [5.41, 5.74) is 2.70. The summed E-state index contributed by atoms with van der Waals surface area (Å²) in [5.74, 6) is 0.272. The number of nitrogens with zero attached hydrogens (tertiary/aromatic N) is 2. The van der Waals surface area contributed by atoms with Crippen LogP contribution in [0.1, 0.15) is 132 Å². The first-order valence-corrected chi connectivity index (χ1v) is 22.7. The van der Waals surface area contributed by atoms with E-state index in [0.29, 0.717) is 25.3 Å². The van der Waals surface area contributed by atoms with Crippen LogP contribution in [-0.4, -0.2) is 83.9 Å². The highest BCUT2D eigenvalue weighted by atomic mass is 19.1. The molecule has 10 heteroatoms. The number of halogens is 2. The Morgan fingerprint density at radius 2 is 1.10 bits per heavy atom. The fourth-order valence-electron chi connectivity index (χ4n) is 11.9. The standard InChI is InChI=1S/C30H39FN2O2.C20H25FN2O2/c1-28(2,3)22-9-11-23(12-10-22)30(35)15-5-4-6-26(30)33-18-16-29(17-19-33)25(20-32-27(29)34)21-7-13-24(31)14-8-21;21-15-7-5-14(6-8-15)16-13-22-19(25)20(16)9-11-23(12-10-20)17-3-1-2-4-18(17)24/h7-14,25-26,35H,4-6,15-20H2,1-3H3,(H,32,34);5-8,16-17H,1-4,9-13H2,(H,22,25). The Kier molecular flexibility index (Phi) is 12.1. The van der Waals surface area contributed by atoms with Crippen LogP contribution in [0.2, 0.25) is 0 Å². The number of Topliss-reactive ketones (excluding diaryl/α,β-unsaturated/α-hetero) is 1. The number of piperidine rings is 2. The van der Waals surface area contributed by atoms with Crippen molar-refractivity contribution in [3.8, 4) is 0 Å². The molecule has 2 spiro atoms. The van der Waals surface area contributed by atoms with Gasteiger partial charge in [-0.25, -0.2) is 8.78 Å². The fraction of sp³-hybridized carbons (Fsp3) is 0.580. The fourth-order valence-corrected chi connectivity index (χ4v) is 11.9. The quantitative estimate of drug-likeness (QED) is 0.242. The van der Waals surface area contributed by atoms with Gasteiger partial charge in [0.25, 0.3) is 0 Å². The maximum atomic E-state index is 13.5. The topological polar surface area (TPSA) is 102 Å². The van der Waals surface area contributed by atoms with E-state index in [0.717, 1.165) is 113 Å². The van der Waals surface area contributed by atoms with Gasteiger partial charge in [0.05, 0.1) is 16.9 Å². The van der Waals surface area contributed by atoms with Crippen molar-refractivity contribution in [2.24, 2.45) is 10.8 Å². The lowest BCUT2D eigenvalue weighted by Crippen LogP contribution is -2.57. The molecule has 0 aromatic heterocycles. The molecule has 2 saturated carbocycles. The average Bonchev–Trinajstić information content (AvgIpc) is 3.73. The van der Waals surface area contributed by atoms with Gasteiger partial charge in [0.2, 0.25) is 11.8 Å². The molecule has 8 nitrogen and oxygen atoms in total. The summed E-state index contributed by atoms with van der Waals surface area (Å²) >= 11 is 0. The van der Waals surface area contributed by atoms with E-state index in [1.165, 1.54) is 29.8 Å². The van der Waals surface area contributed by atoms with Crippen LogP contribution >= 0.6 is 0 Å². The van der Waals surface area contributed by atoms with Gasteiger partial charge in [-0.05, 0) is 129 Å². The molecule has 3 N–H and O–H groups in total. The number of carbonyl (C=O) groups excluding carboxylic acids is 3. The van der Waals surface area contributed by atoms with Gasteiger partial charge in [0.15, 0.2) is 0 Å². The van der Waals surface area contributed by atoms with Gasteiger partial charge < -0.3 is 15.7 Å². The SMILES string of the molecule is CC(C)(C)c1ccc(C2(O)CCCCC2N2CCC3(CC2)C(=O)NCC3c2ccc(F)cc2)cc1.O=C1CCCCC1N1CCC2(CC1)C(=O)NCC2c1ccc(F)cc1. The Hall–Kier alpha value is -3.99. The van der Waals surface area contributed by atoms with Crippen molar-refractivity contribution in [3.05, 3.63) is 107 Å². The van der Waals surface area contributed by atoms with Crippen LogP contribution in [0.4, 0.5) is 8.78 Å². The van der Waals surface area contributed by atoms with Crippen LogP contribution in [-0.2, 0) is 25.4 Å². The van der Waals surface area contributed by atoms with Crippen molar-refractivity contribution in [2.45, 2.75) is 133 Å². The van der Waals surface area contributed by atoms with Crippen LogP contribution in [0, 0.1) is 22.5 Å². The van der Waals surface area contributed by atoms with Crippen molar-refractivity contribution >= 4 is 17.6 Å². The molecule has 4 aliphatic heterocycles. The zero-order valence-electron chi connectivity index (χ0n) is 35.8. The van der Waals surface area contributed by atoms with Gasteiger partial charge in [-0.1, -0.05) is 88.6 Å². The predicted octanol–water partition coefficient (Wildman–Crippen LogP) is 7.88. The smallest absolute Gasteiger partial charge is 0.227 e. The molecule has 0 bridgehead atoms. The first-order chi connectivity index (χ1) is 28.7. The molecule has 60 heavy (non-hydrogen) atoms. The normalized spacial score (nSPS) is 29.5. The molecule has 0 radical (unpaired) electrons. The van der Waals surface area contributed by atoms with Crippen LogP contribution < -0.4 is 10.6 Å². The van der Waals surface area contributed by atoms with Gasteiger partial charge in [-0.2, -0.15) is 0 Å². The Morgan fingerprint density at radius 1 is 0.617 bits per heavy atom. The third-order valence-electron chi connectivity index (χ3n) is 15.6. The van der Waals surface area contributed by atoms with Crippen LogP contribution in [0.15, 0.2) is 72.8 Å². The van der Waals surface area contributed by atoms with Crippen LogP contribution in [0.5, 0.6) is 0 Å². The van der Waals surface area contributed by atoms with Gasteiger partial charge in [0, 0.05) is 37.4 Å². The second kappa shape index (κ2) is 17.1. The summed E-state index contributed by atoms with van der Waals surface area (Å²) in [6.07, 6.45) is 10.7. The molecule has 3 aromatic rings. The summed E-state index contributed by atoms with van der Waals surface area (Å²) in [4.78, 5) is 42.7. The number of rotatable bonds is 5. The molecule has 3 aromatic carbocycles. The number of carbonyl (C=O) groups is 3. The van der Waals surface area contributed by atoms with Crippen molar-refractivity contribution in [1.82, 2.24) is 20.4 Å². The highest BCUT2D eigenvalue weighted by Crippen LogP contribution is 2.51. The lowest BCUT2D eigenvalue weighted by Gasteiger charge is -2.50. The molecule has 2 aliphatic carbocycles. The van der Waals surface area contributed by atoms with Gasteiger partial charge in [-0.15, -0.1) is 0 Å². The number of nitrogens with one attached hydrogen (secondary N) is 2. The van der Waals surface area contributed by atoms with E-state index in [1.807, 2.05) is 12.1 Å². The minimum atomic E-state index is -0.868. The zero-order valence-corrected chi connectivity index (χ0v) is 35.8. The molecule has 6 aliphatic rings. The van der Waals surface area contributed by atoms with Gasteiger partial charge in [0.1, 0.15) is 23.0 Å². The van der Waals surface area contributed by atoms with Crippen molar-refractivity contribution < 1.29 is 28.3 Å². The van der Waals surface area contributed by atoms with Crippen LogP contribution in [0.3, 0.4) is 0 Å². The second-order valence-electron chi connectivity index (χ2n) is 19.8. The third-order valence-corrected chi connectivity index (χ3v) is 15.6. The second-order valence-corrected chi connectivity index (χ2v) is 19.8. The molecule has 2 amide bonds. The third kappa shape index (κ3) is 8.09. The van der Waals surface area contributed by atoms with E-state index in [2.05, 4.69) is 65.5 Å². The summed E-state index contributed by atoms with van der Waals surface area (Å²) in [6.45, 7) is 11.0. The summed E-state index contributed by atoms with van der Waals surface area (Å²) in [7, 11) is 0. The van der Waals surface area contributed by atoms with E-state index in [1.54, 1.807) is 12.1 Å². The molecule has 322 valence electrons. The number of amides is 2. The van der Waals surface area contributed by atoms with Crippen molar-refractivity contribution in [1.29, 1.82) is 0 Å². The molecule has 5 unspecified atom stereocenters. The number of likely N-dealkylation sites (tertiary alicyclic amines) is 2. The average molecular weight is 823 g/mol. The molecule has 4 heterocycles. The van der Waals surface area contributed by atoms with E-state index >= 15 is 0 Å². The van der Waals surface area contributed by atoms with Crippen LogP contribution in [0.25, 0.3) is 0 Å². The van der Waals surface area contributed by atoms with E-state index < -0.39 is 16.4 Å². The molecular formula is C50H64F2N4O4. The highest BCUT2D eigenvalue weighted by molar-refractivity contribution is 5.88. The van der Waals surface area contributed by atoms with Crippen molar-refractivity contribution in [3.63, 3.8) is 0 Å². The van der Waals surface area contributed by atoms with E-state index in [4.69, 9.17) is 0 Å². The predicted molar refractivity (Wildman–Crippen MR) is 229 cm³/mol. The lowest BCUT2D eigenvalue weighted by atomic mass is 9.66. The molecule has 9 rings (SSSR count). The Balaban J connectivity index is 0.000000176. The van der Waals surface area contributed by atoms with E-state index in [-0.39, 0.29) is 52.8 Å². The summed E-state index contributed by atoms with van der Waals surface area (Å²) in [6, 6.07) is 21.9. The maximum absolute atomic E-state index is 13.5. The van der Waals surface area contributed by atoms with Gasteiger partial charge >= 0.3 is 0 Å².